The first-order valence-electron chi connectivity index (χ1n) is 13.1. The van der Waals surface area contributed by atoms with Crippen molar-refractivity contribution in [3.8, 4) is 0 Å². The number of thioether (sulfide) groups is 1. The van der Waals surface area contributed by atoms with E-state index in [1.807, 2.05) is 60.8 Å². The Morgan fingerprint density at radius 2 is 1.62 bits per heavy atom. The highest BCUT2D eigenvalue weighted by Crippen LogP contribution is 2.32. The molecule has 42 heavy (non-hydrogen) atoms. The van der Waals surface area contributed by atoms with Crippen LogP contribution in [0.25, 0.3) is 10.9 Å². The van der Waals surface area contributed by atoms with Crippen molar-refractivity contribution in [1.82, 2.24) is 9.88 Å². The SMILES string of the molecule is COC(=O)c1cc(NC(=O)CC2SC(=Nc3ccccc3)N(CCc3c[nH]c4ccccc34)C2=O)cc(C(=O)OC)c1. The minimum atomic E-state index is -0.709. The van der Waals surface area contributed by atoms with E-state index in [4.69, 9.17) is 14.5 Å². The second-order valence-electron chi connectivity index (χ2n) is 9.47. The number of aromatic amines is 1. The fourth-order valence-corrected chi connectivity index (χ4v) is 5.85. The molecule has 1 saturated heterocycles. The summed E-state index contributed by atoms with van der Waals surface area (Å²) in [5.41, 5.74) is 3.15. The number of aromatic nitrogens is 1. The molecule has 10 nitrogen and oxygen atoms in total. The zero-order chi connectivity index (χ0) is 29.6. The molecule has 0 aliphatic carbocycles. The molecule has 0 saturated carbocycles. The van der Waals surface area contributed by atoms with Gasteiger partial charge in [-0.3, -0.25) is 14.5 Å². The molecule has 0 bridgehead atoms. The Kier molecular flexibility index (Phi) is 8.68. The average Bonchev–Trinajstić information content (AvgIpc) is 3.55. The summed E-state index contributed by atoms with van der Waals surface area (Å²) in [5, 5.41) is 3.60. The van der Waals surface area contributed by atoms with Crippen LogP contribution in [0.3, 0.4) is 0 Å². The topological polar surface area (TPSA) is 130 Å². The molecule has 4 aromatic rings. The molecule has 0 radical (unpaired) electrons. The molecular weight excluding hydrogens is 556 g/mol. The molecule has 1 aliphatic heterocycles. The second-order valence-corrected chi connectivity index (χ2v) is 10.6. The Morgan fingerprint density at radius 1 is 0.952 bits per heavy atom. The molecule has 1 aliphatic rings. The first kappa shape index (κ1) is 28.6. The number of carbonyl (C=O) groups excluding carboxylic acids is 4. The number of anilines is 1. The Morgan fingerprint density at radius 3 is 2.31 bits per heavy atom. The zero-order valence-corrected chi connectivity index (χ0v) is 23.8. The molecule has 2 amide bonds. The lowest BCUT2D eigenvalue weighted by Gasteiger charge is -2.16. The third kappa shape index (κ3) is 6.36. The summed E-state index contributed by atoms with van der Waals surface area (Å²) in [5.74, 6) is -2.03. The maximum absolute atomic E-state index is 13.6. The number of rotatable bonds is 9. The van der Waals surface area contributed by atoms with Crippen LogP contribution >= 0.6 is 11.8 Å². The number of benzene rings is 3. The predicted molar refractivity (Wildman–Crippen MR) is 161 cm³/mol. The van der Waals surface area contributed by atoms with Gasteiger partial charge in [0.1, 0.15) is 5.25 Å². The first-order chi connectivity index (χ1) is 20.4. The van der Waals surface area contributed by atoms with Gasteiger partial charge in [0.05, 0.1) is 31.0 Å². The van der Waals surface area contributed by atoms with Crippen LogP contribution in [0.5, 0.6) is 0 Å². The Bertz CT molecular complexity index is 1650. The Hall–Kier alpha value is -4.90. The fourth-order valence-electron chi connectivity index (χ4n) is 4.67. The van der Waals surface area contributed by atoms with Crippen LogP contribution < -0.4 is 5.32 Å². The van der Waals surface area contributed by atoms with Gasteiger partial charge in [0.25, 0.3) is 0 Å². The van der Waals surface area contributed by atoms with Crippen LogP contribution in [-0.4, -0.2) is 64.8 Å². The van der Waals surface area contributed by atoms with Gasteiger partial charge in [-0.05, 0) is 48.4 Å². The van der Waals surface area contributed by atoms with Crippen molar-refractivity contribution in [2.24, 2.45) is 4.99 Å². The summed E-state index contributed by atoms with van der Waals surface area (Å²) in [6.07, 6.45) is 2.40. The van der Waals surface area contributed by atoms with Crippen molar-refractivity contribution in [3.05, 3.63) is 95.7 Å². The number of nitrogens with zero attached hydrogens (tertiary/aromatic N) is 2. The number of fused-ring (bicyclic) bond motifs is 1. The third-order valence-corrected chi connectivity index (χ3v) is 7.89. The van der Waals surface area contributed by atoms with Crippen LogP contribution in [0.4, 0.5) is 11.4 Å². The lowest BCUT2D eigenvalue weighted by molar-refractivity contribution is -0.128. The van der Waals surface area contributed by atoms with Gasteiger partial charge >= 0.3 is 11.9 Å². The van der Waals surface area contributed by atoms with E-state index < -0.39 is 23.1 Å². The number of amides is 2. The van der Waals surface area contributed by atoms with E-state index in [-0.39, 0.29) is 29.1 Å². The van der Waals surface area contributed by atoms with Gasteiger partial charge in [-0.2, -0.15) is 0 Å². The number of para-hydroxylation sites is 2. The monoisotopic (exact) mass is 584 g/mol. The van der Waals surface area contributed by atoms with Gasteiger partial charge in [-0.15, -0.1) is 0 Å². The van der Waals surface area contributed by atoms with E-state index >= 15 is 0 Å². The maximum Gasteiger partial charge on any atom is 0.337 e. The third-order valence-electron chi connectivity index (χ3n) is 6.71. The molecule has 0 spiro atoms. The molecule has 5 rings (SSSR count). The van der Waals surface area contributed by atoms with Crippen molar-refractivity contribution >= 4 is 63.0 Å². The lowest BCUT2D eigenvalue weighted by atomic mass is 10.1. The largest absolute Gasteiger partial charge is 0.465 e. The summed E-state index contributed by atoms with van der Waals surface area (Å²) in [6, 6.07) is 21.4. The van der Waals surface area contributed by atoms with E-state index in [1.54, 1.807) is 4.90 Å². The highest BCUT2D eigenvalue weighted by Gasteiger charge is 2.39. The van der Waals surface area contributed by atoms with Crippen molar-refractivity contribution in [2.45, 2.75) is 18.1 Å². The van der Waals surface area contributed by atoms with Crippen molar-refractivity contribution in [3.63, 3.8) is 0 Å². The number of H-pyrrole nitrogens is 1. The first-order valence-corrected chi connectivity index (χ1v) is 14.0. The predicted octanol–water partition coefficient (Wildman–Crippen LogP) is 4.94. The van der Waals surface area contributed by atoms with Crippen LogP contribution in [0.15, 0.2) is 84.0 Å². The number of esters is 2. The number of nitrogens with one attached hydrogen (secondary N) is 2. The molecule has 11 heteroatoms. The summed E-state index contributed by atoms with van der Waals surface area (Å²) in [7, 11) is 2.43. The highest BCUT2D eigenvalue weighted by molar-refractivity contribution is 8.15. The molecule has 214 valence electrons. The molecule has 2 heterocycles. The number of methoxy groups -OCH3 is 2. The molecule has 3 aromatic carbocycles. The van der Waals surface area contributed by atoms with Crippen molar-refractivity contribution in [1.29, 1.82) is 0 Å². The molecule has 1 aromatic heterocycles. The van der Waals surface area contributed by atoms with Gasteiger partial charge in [0.2, 0.25) is 11.8 Å². The lowest BCUT2D eigenvalue weighted by Crippen LogP contribution is -2.35. The quantitative estimate of drug-likeness (QED) is 0.267. The highest BCUT2D eigenvalue weighted by atomic mass is 32.2. The van der Waals surface area contributed by atoms with Crippen LogP contribution in [0.1, 0.15) is 32.7 Å². The summed E-state index contributed by atoms with van der Waals surface area (Å²) in [4.78, 5) is 60.6. The molecule has 2 N–H and O–H groups in total. The van der Waals surface area contributed by atoms with Crippen molar-refractivity contribution < 1.29 is 28.7 Å². The average molecular weight is 585 g/mol. The van der Waals surface area contributed by atoms with Gasteiger partial charge < -0.3 is 19.8 Å². The molecule has 1 atom stereocenters. The zero-order valence-electron chi connectivity index (χ0n) is 23.0. The smallest absolute Gasteiger partial charge is 0.337 e. The summed E-state index contributed by atoms with van der Waals surface area (Å²) >= 11 is 1.23. The molecule has 1 fully saturated rings. The number of hydrogen-bond donors (Lipinski definition) is 2. The van der Waals surface area contributed by atoms with E-state index in [0.29, 0.717) is 23.8 Å². The molecule has 1 unspecified atom stereocenters. The van der Waals surface area contributed by atoms with Gasteiger partial charge in [0, 0.05) is 35.8 Å². The van der Waals surface area contributed by atoms with E-state index in [2.05, 4.69) is 10.3 Å². The number of hydrogen-bond acceptors (Lipinski definition) is 8. The minimum absolute atomic E-state index is 0.0720. The normalized spacial score (nSPS) is 15.7. The Balaban J connectivity index is 1.34. The van der Waals surface area contributed by atoms with E-state index in [9.17, 15) is 19.2 Å². The van der Waals surface area contributed by atoms with Crippen LogP contribution in [0.2, 0.25) is 0 Å². The number of amidine groups is 1. The number of aliphatic imine (C=N–C) groups is 1. The van der Waals surface area contributed by atoms with Gasteiger partial charge in [0.15, 0.2) is 5.17 Å². The number of ether oxygens (including phenoxy) is 2. The minimum Gasteiger partial charge on any atom is -0.465 e. The van der Waals surface area contributed by atoms with Gasteiger partial charge in [-0.1, -0.05) is 48.2 Å². The fraction of sp³-hybridized carbons (Fsp3) is 0.194. The van der Waals surface area contributed by atoms with Crippen molar-refractivity contribution in [2.75, 3.05) is 26.1 Å². The standard InChI is InChI=1S/C31H28N4O6S/c1-40-29(38)20-14-21(30(39)41-2)16-23(15-20)33-27(36)17-26-28(37)35(31(42-26)34-22-8-4-3-5-9-22)13-12-19-18-32-25-11-7-6-10-24(19)25/h3-11,14-16,18,26,32H,12-13,17H2,1-2H3,(H,33,36). The van der Waals surface area contributed by atoms with Gasteiger partial charge in [-0.25, -0.2) is 14.6 Å². The Labute approximate surface area is 246 Å². The summed E-state index contributed by atoms with van der Waals surface area (Å²) < 4.78 is 9.52. The van der Waals surface area contributed by atoms with E-state index in [0.717, 1.165) is 16.5 Å². The second kappa shape index (κ2) is 12.7. The van der Waals surface area contributed by atoms with E-state index in [1.165, 1.54) is 44.2 Å². The molecular formula is C31H28N4O6S. The maximum atomic E-state index is 13.6. The van der Waals surface area contributed by atoms with Crippen LogP contribution in [-0.2, 0) is 25.5 Å². The summed E-state index contributed by atoms with van der Waals surface area (Å²) in [6.45, 7) is 0.390. The van der Waals surface area contributed by atoms with Crippen LogP contribution in [0, 0.1) is 0 Å². The number of carbonyl (C=O) groups is 4.